The van der Waals surface area contributed by atoms with Gasteiger partial charge in [-0.15, -0.1) is 0 Å². The molecule has 0 unspecified atom stereocenters. The summed E-state index contributed by atoms with van der Waals surface area (Å²) in [5.41, 5.74) is 7.02. The highest BCUT2D eigenvalue weighted by molar-refractivity contribution is 5.46. The predicted molar refractivity (Wildman–Crippen MR) is 62.1 cm³/mol. The van der Waals surface area contributed by atoms with Gasteiger partial charge in [0.25, 0.3) is 0 Å². The van der Waals surface area contributed by atoms with Crippen molar-refractivity contribution in [1.82, 2.24) is 0 Å². The molecule has 0 aliphatic heterocycles. The van der Waals surface area contributed by atoms with Crippen LogP contribution in [0.3, 0.4) is 0 Å². The van der Waals surface area contributed by atoms with Gasteiger partial charge in [0.15, 0.2) is 0 Å². The lowest BCUT2D eigenvalue weighted by Crippen LogP contribution is -1.90. The zero-order valence-electron chi connectivity index (χ0n) is 8.91. The topological polar surface area (TPSA) is 35.2 Å². The minimum Gasteiger partial charge on any atom is -0.457 e. The molecule has 2 N–H and O–H groups in total. The molecule has 2 rings (SSSR count). The van der Waals surface area contributed by atoms with Crippen molar-refractivity contribution >= 4 is 5.69 Å². The van der Waals surface area contributed by atoms with Gasteiger partial charge in [-0.05, 0) is 42.8 Å². The van der Waals surface area contributed by atoms with Gasteiger partial charge in [0.1, 0.15) is 17.3 Å². The van der Waals surface area contributed by atoms with Gasteiger partial charge in [0, 0.05) is 11.8 Å². The SMILES string of the molecule is Cc1cc(F)ccc1Oc1cccc(N)c1. The Morgan fingerprint density at radius 1 is 1.12 bits per heavy atom. The van der Waals surface area contributed by atoms with Crippen LogP contribution in [0.15, 0.2) is 42.5 Å². The summed E-state index contributed by atoms with van der Waals surface area (Å²) in [5, 5.41) is 0. The van der Waals surface area contributed by atoms with E-state index < -0.39 is 0 Å². The zero-order chi connectivity index (χ0) is 11.5. The second kappa shape index (κ2) is 4.23. The maximum absolute atomic E-state index is 12.9. The molecule has 0 saturated carbocycles. The Hall–Kier alpha value is -2.03. The molecule has 0 amide bonds. The molecule has 82 valence electrons. The van der Waals surface area contributed by atoms with E-state index in [9.17, 15) is 4.39 Å². The Balaban J connectivity index is 2.27. The number of halogens is 1. The van der Waals surface area contributed by atoms with Crippen LogP contribution in [0.2, 0.25) is 0 Å². The predicted octanol–water partition coefficient (Wildman–Crippen LogP) is 3.51. The number of nitrogens with two attached hydrogens (primary N) is 1. The van der Waals surface area contributed by atoms with Crippen LogP contribution in [0.1, 0.15) is 5.56 Å². The molecule has 2 aromatic rings. The van der Waals surface area contributed by atoms with E-state index in [1.807, 2.05) is 6.07 Å². The van der Waals surface area contributed by atoms with Crippen molar-refractivity contribution in [1.29, 1.82) is 0 Å². The molecule has 2 aromatic carbocycles. The Bertz CT molecular complexity index is 511. The fourth-order valence-corrected chi connectivity index (χ4v) is 1.43. The lowest BCUT2D eigenvalue weighted by atomic mass is 10.2. The molecule has 0 aromatic heterocycles. The summed E-state index contributed by atoms with van der Waals surface area (Å²) in [4.78, 5) is 0. The van der Waals surface area contributed by atoms with Gasteiger partial charge in [0.2, 0.25) is 0 Å². The molecular weight excluding hydrogens is 205 g/mol. The molecule has 3 heteroatoms. The molecule has 0 aliphatic rings. The van der Waals surface area contributed by atoms with Gasteiger partial charge in [-0.3, -0.25) is 0 Å². The van der Waals surface area contributed by atoms with Crippen molar-refractivity contribution in [2.24, 2.45) is 0 Å². The Labute approximate surface area is 93.5 Å². The number of benzene rings is 2. The monoisotopic (exact) mass is 217 g/mol. The Morgan fingerprint density at radius 3 is 2.62 bits per heavy atom. The summed E-state index contributed by atoms with van der Waals surface area (Å²) in [6.07, 6.45) is 0. The van der Waals surface area contributed by atoms with Crippen molar-refractivity contribution in [3.63, 3.8) is 0 Å². The number of ether oxygens (including phenoxy) is 1. The normalized spacial score (nSPS) is 10.1. The summed E-state index contributed by atoms with van der Waals surface area (Å²) in [6.45, 7) is 1.80. The first-order valence-corrected chi connectivity index (χ1v) is 4.95. The van der Waals surface area contributed by atoms with Gasteiger partial charge in [-0.2, -0.15) is 0 Å². The Morgan fingerprint density at radius 2 is 1.94 bits per heavy atom. The molecule has 0 aliphatic carbocycles. The minimum absolute atomic E-state index is 0.266. The largest absolute Gasteiger partial charge is 0.457 e. The second-order valence-corrected chi connectivity index (χ2v) is 3.58. The van der Waals surface area contributed by atoms with Crippen LogP contribution in [0.5, 0.6) is 11.5 Å². The fraction of sp³-hybridized carbons (Fsp3) is 0.0769. The number of anilines is 1. The van der Waals surface area contributed by atoms with Crippen LogP contribution in [-0.4, -0.2) is 0 Å². The molecule has 2 nitrogen and oxygen atoms in total. The lowest BCUT2D eigenvalue weighted by Gasteiger charge is -2.08. The minimum atomic E-state index is -0.266. The van der Waals surface area contributed by atoms with Crippen LogP contribution in [0, 0.1) is 12.7 Å². The summed E-state index contributed by atoms with van der Waals surface area (Å²) < 4.78 is 18.5. The molecule has 0 radical (unpaired) electrons. The van der Waals surface area contributed by atoms with E-state index in [0.29, 0.717) is 17.2 Å². The van der Waals surface area contributed by atoms with Crippen LogP contribution < -0.4 is 10.5 Å². The number of aryl methyl sites for hydroxylation is 1. The fourth-order valence-electron chi connectivity index (χ4n) is 1.43. The zero-order valence-corrected chi connectivity index (χ0v) is 8.91. The van der Waals surface area contributed by atoms with Crippen LogP contribution >= 0.6 is 0 Å². The van der Waals surface area contributed by atoms with Crippen molar-refractivity contribution in [2.45, 2.75) is 6.92 Å². The van der Waals surface area contributed by atoms with Gasteiger partial charge in [-0.1, -0.05) is 6.07 Å². The van der Waals surface area contributed by atoms with Gasteiger partial charge in [0.05, 0.1) is 0 Å². The summed E-state index contributed by atoms with van der Waals surface area (Å²) >= 11 is 0. The van der Waals surface area contributed by atoms with Crippen LogP contribution in [0.25, 0.3) is 0 Å². The third kappa shape index (κ3) is 2.31. The maximum Gasteiger partial charge on any atom is 0.130 e. The third-order valence-electron chi connectivity index (χ3n) is 2.22. The standard InChI is InChI=1S/C13H12FNO/c1-9-7-10(14)5-6-13(9)16-12-4-2-3-11(15)8-12/h2-8H,15H2,1H3. The number of nitrogen functional groups attached to an aromatic ring is 1. The van der Waals surface area contributed by atoms with E-state index in [1.54, 1.807) is 31.2 Å². The second-order valence-electron chi connectivity index (χ2n) is 3.58. The molecule has 0 spiro atoms. The first-order chi connectivity index (χ1) is 7.65. The average molecular weight is 217 g/mol. The first-order valence-electron chi connectivity index (χ1n) is 4.95. The van der Waals surface area contributed by atoms with Crippen LogP contribution in [-0.2, 0) is 0 Å². The highest BCUT2D eigenvalue weighted by Gasteiger charge is 2.02. The van der Waals surface area contributed by atoms with Crippen molar-refractivity contribution in [2.75, 3.05) is 5.73 Å². The molecule has 0 saturated heterocycles. The molecule has 0 fully saturated rings. The molecule has 0 bridgehead atoms. The first kappa shape index (κ1) is 10.5. The number of hydrogen-bond donors (Lipinski definition) is 1. The maximum atomic E-state index is 12.9. The van der Waals surface area contributed by atoms with E-state index in [1.165, 1.54) is 12.1 Å². The van der Waals surface area contributed by atoms with Gasteiger partial charge in [-0.25, -0.2) is 4.39 Å². The van der Waals surface area contributed by atoms with Crippen molar-refractivity contribution in [3.05, 3.63) is 53.8 Å². The summed E-state index contributed by atoms with van der Waals surface area (Å²) in [5.74, 6) is 1.01. The molecule has 16 heavy (non-hydrogen) atoms. The van der Waals surface area contributed by atoms with Crippen LogP contribution in [0.4, 0.5) is 10.1 Å². The highest BCUT2D eigenvalue weighted by atomic mass is 19.1. The van der Waals surface area contributed by atoms with Crippen molar-refractivity contribution < 1.29 is 9.13 Å². The van der Waals surface area contributed by atoms with Gasteiger partial charge >= 0.3 is 0 Å². The van der Waals surface area contributed by atoms with Gasteiger partial charge < -0.3 is 10.5 Å². The number of rotatable bonds is 2. The molecule has 0 atom stereocenters. The van der Waals surface area contributed by atoms with E-state index in [0.717, 1.165) is 5.56 Å². The summed E-state index contributed by atoms with van der Waals surface area (Å²) in [7, 11) is 0. The molecular formula is C13H12FNO. The van der Waals surface area contributed by atoms with E-state index >= 15 is 0 Å². The third-order valence-corrected chi connectivity index (χ3v) is 2.22. The Kier molecular flexibility index (Phi) is 2.77. The lowest BCUT2D eigenvalue weighted by molar-refractivity contribution is 0.477. The van der Waals surface area contributed by atoms with Crippen molar-refractivity contribution in [3.8, 4) is 11.5 Å². The van der Waals surface area contributed by atoms with E-state index in [2.05, 4.69) is 0 Å². The van der Waals surface area contributed by atoms with E-state index in [-0.39, 0.29) is 5.82 Å². The molecule has 0 heterocycles. The highest BCUT2D eigenvalue weighted by Crippen LogP contribution is 2.26. The summed E-state index contributed by atoms with van der Waals surface area (Å²) in [6, 6.07) is 11.5. The quantitative estimate of drug-likeness (QED) is 0.781. The van der Waals surface area contributed by atoms with E-state index in [4.69, 9.17) is 10.5 Å². The number of hydrogen-bond acceptors (Lipinski definition) is 2. The smallest absolute Gasteiger partial charge is 0.130 e. The average Bonchev–Trinajstić information content (AvgIpc) is 2.22.